The van der Waals surface area contributed by atoms with Crippen molar-refractivity contribution in [2.45, 2.75) is 44.4 Å². The normalized spacial score (nSPS) is 11.8. The van der Waals surface area contributed by atoms with E-state index in [0.717, 1.165) is 35.1 Å². The number of nitrogens with one attached hydrogen (secondary N) is 1. The molecule has 3 rings (SSSR count). The van der Waals surface area contributed by atoms with E-state index in [-0.39, 0.29) is 11.9 Å². The number of hydrogen-bond acceptors (Lipinski definition) is 5. The molecule has 30 heavy (non-hydrogen) atoms. The number of para-hydroxylation sites is 1. The maximum atomic E-state index is 12.2. The standard InChI is InChI=1S/C23H28N4O2S/c1-4-17(2)24-21(28)16-30-23-26-25-22(19-12-8-9-13-20(19)29-3)27(23)15-14-18-10-6-5-7-11-18/h5-13,17H,4,14-16H2,1-3H3,(H,24,28)/t17-/m1/s1. The van der Waals surface area contributed by atoms with Gasteiger partial charge in [0, 0.05) is 12.6 Å². The second-order valence-electron chi connectivity index (χ2n) is 7.06. The quantitative estimate of drug-likeness (QED) is 0.494. The van der Waals surface area contributed by atoms with Crippen molar-refractivity contribution in [2.24, 2.45) is 0 Å². The molecule has 6 nitrogen and oxygen atoms in total. The lowest BCUT2D eigenvalue weighted by Gasteiger charge is -2.13. The highest BCUT2D eigenvalue weighted by atomic mass is 32.2. The first-order valence-corrected chi connectivity index (χ1v) is 11.1. The zero-order chi connectivity index (χ0) is 21.3. The Labute approximate surface area is 182 Å². The molecular formula is C23H28N4O2S. The fourth-order valence-electron chi connectivity index (χ4n) is 3.06. The van der Waals surface area contributed by atoms with E-state index >= 15 is 0 Å². The monoisotopic (exact) mass is 424 g/mol. The summed E-state index contributed by atoms with van der Waals surface area (Å²) >= 11 is 1.41. The summed E-state index contributed by atoms with van der Waals surface area (Å²) in [5.74, 6) is 1.80. The number of thioether (sulfide) groups is 1. The third kappa shape index (κ3) is 5.63. The van der Waals surface area contributed by atoms with E-state index in [9.17, 15) is 4.79 Å². The third-order valence-corrected chi connectivity index (χ3v) is 5.85. The summed E-state index contributed by atoms with van der Waals surface area (Å²) in [4.78, 5) is 12.2. The Bertz CT molecular complexity index is 959. The number of nitrogens with zero attached hydrogens (tertiary/aromatic N) is 3. The lowest BCUT2D eigenvalue weighted by Crippen LogP contribution is -2.33. The second kappa shape index (κ2) is 10.8. The number of aryl methyl sites for hydroxylation is 1. The molecule has 0 spiro atoms. The summed E-state index contributed by atoms with van der Waals surface area (Å²) in [6.45, 7) is 4.77. The summed E-state index contributed by atoms with van der Waals surface area (Å²) in [7, 11) is 1.65. The van der Waals surface area contributed by atoms with Gasteiger partial charge in [0.05, 0.1) is 18.4 Å². The first-order valence-electron chi connectivity index (χ1n) is 10.1. The Balaban J connectivity index is 1.84. The van der Waals surface area contributed by atoms with Crippen molar-refractivity contribution in [1.82, 2.24) is 20.1 Å². The highest BCUT2D eigenvalue weighted by molar-refractivity contribution is 7.99. The smallest absolute Gasteiger partial charge is 0.230 e. The topological polar surface area (TPSA) is 69.0 Å². The van der Waals surface area contributed by atoms with Gasteiger partial charge in [0.25, 0.3) is 0 Å². The summed E-state index contributed by atoms with van der Waals surface area (Å²) in [5.41, 5.74) is 2.12. The number of carbonyl (C=O) groups excluding carboxylic acids is 1. The number of benzene rings is 2. The summed E-state index contributed by atoms with van der Waals surface area (Å²) in [6.07, 6.45) is 1.75. The minimum Gasteiger partial charge on any atom is -0.496 e. The Morgan fingerprint density at radius 2 is 1.87 bits per heavy atom. The van der Waals surface area contributed by atoms with E-state index in [1.165, 1.54) is 17.3 Å². The zero-order valence-corrected chi connectivity index (χ0v) is 18.5. The minimum atomic E-state index is 0.00537. The van der Waals surface area contributed by atoms with Gasteiger partial charge in [-0.3, -0.25) is 4.79 Å². The van der Waals surface area contributed by atoms with E-state index in [1.54, 1.807) is 7.11 Å². The van der Waals surface area contributed by atoms with Crippen LogP contribution in [0.5, 0.6) is 5.75 Å². The van der Waals surface area contributed by atoms with Crippen LogP contribution in [0.2, 0.25) is 0 Å². The summed E-state index contributed by atoms with van der Waals surface area (Å²) in [5, 5.41) is 12.6. The Morgan fingerprint density at radius 3 is 2.60 bits per heavy atom. The molecule has 1 amide bonds. The molecule has 0 unspecified atom stereocenters. The predicted octanol–water partition coefficient (Wildman–Crippen LogP) is 4.20. The van der Waals surface area contributed by atoms with E-state index in [0.29, 0.717) is 12.3 Å². The molecule has 1 aromatic heterocycles. The number of aromatic nitrogens is 3. The van der Waals surface area contributed by atoms with E-state index in [4.69, 9.17) is 4.74 Å². The Hall–Kier alpha value is -2.80. The summed E-state index contributed by atoms with van der Waals surface area (Å²) < 4.78 is 7.60. The summed E-state index contributed by atoms with van der Waals surface area (Å²) in [6, 6.07) is 18.3. The average molecular weight is 425 g/mol. The molecule has 3 aromatic rings. The molecule has 0 saturated heterocycles. The van der Waals surface area contributed by atoms with Crippen molar-refractivity contribution < 1.29 is 9.53 Å². The third-order valence-electron chi connectivity index (χ3n) is 4.88. The van der Waals surface area contributed by atoms with Crippen molar-refractivity contribution in [3.63, 3.8) is 0 Å². The molecular weight excluding hydrogens is 396 g/mol. The number of hydrogen-bond donors (Lipinski definition) is 1. The van der Waals surface area contributed by atoms with Crippen LogP contribution in [-0.4, -0.2) is 39.6 Å². The molecule has 0 aliphatic carbocycles. The van der Waals surface area contributed by atoms with E-state index in [2.05, 4.69) is 39.1 Å². The lowest BCUT2D eigenvalue weighted by molar-refractivity contribution is -0.119. The van der Waals surface area contributed by atoms with Crippen LogP contribution in [0.1, 0.15) is 25.8 Å². The van der Waals surface area contributed by atoms with Crippen LogP contribution in [0.3, 0.4) is 0 Å². The molecule has 0 aliphatic heterocycles. The molecule has 0 fully saturated rings. The minimum absolute atomic E-state index is 0.00537. The highest BCUT2D eigenvalue weighted by Crippen LogP contribution is 2.31. The maximum Gasteiger partial charge on any atom is 0.230 e. The van der Waals surface area contributed by atoms with Crippen LogP contribution >= 0.6 is 11.8 Å². The largest absolute Gasteiger partial charge is 0.496 e. The first-order chi connectivity index (χ1) is 14.6. The van der Waals surface area contributed by atoms with Crippen LogP contribution in [0.15, 0.2) is 59.8 Å². The molecule has 0 bridgehead atoms. The number of ether oxygens (including phenoxy) is 1. The molecule has 158 valence electrons. The van der Waals surface area contributed by atoms with Crippen LogP contribution in [-0.2, 0) is 17.8 Å². The van der Waals surface area contributed by atoms with Gasteiger partial charge < -0.3 is 14.6 Å². The maximum absolute atomic E-state index is 12.2. The molecule has 7 heteroatoms. The van der Waals surface area contributed by atoms with Gasteiger partial charge in [-0.2, -0.15) is 0 Å². The number of rotatable bonds is 10. The van der Waals surface area contributed by atoms with Crippen molar-refractivity contribution in [2.75, 3.05) is 12.9 Å². The second-order valence-corrected chi connectivity index (χ2v) is 8.00. The first kappa shape index (κ1) is 21.9. The number of methoxy groups -OCH3 is 1. The fraction of sp³-hybridized carbons (Fsp3) is 0.348. The fourth-order valence-corrected chi connectivity index (χ4v) is 3.84. The van der Waals surface area contributed by atoms with Gasteiger partial charge in [-0.05, 0) is 37.5 Å². The van der Waals surface area contributed by atoms with Crippen molar-refractivity contribution in [3.8, 4) is 17.1 Å². The Kier molecular flexibility index (Phi) is 7.90. The van der Waals surface area contributed by atoms with Crippen LogP contribution in [0, 0.1) is 0 Å². The molecule has 0 radical (unpaired) electrons. The van der Waals surface area contributed by atoms with Gasteiger partial charge in [-0.1, -0.05) is 61.2 Å². The molecule has 1 heterocycles. The highest BCUT2D eigenvalue weighted by Gasteiger charge is 2.18. The van der Waals surface area contributed by atoms with Crippen LogP contribution < -0.4 is 10.1 Å². The SMILES string of the molecule is CC[C@@H](C)NC(=O)CSc1nnc(-c2ccccc2OC)n1CCc1ccccc1. The van der Waals surface area contributed by atoms with Crippen molar-refractivity contribution in [3.05, 3.63) is 60.2 Å². The lowest BCUT2D eigenvalue weighted by atomic mass is 10.1. The van der Waals surface area contributed by atoms with Crippen molar-refractivity contribution in [1.29, 1.82) is 0 Å². The molecule has 1 atom stereocenters. The van der Waals surface area contributed by atoms with Crippen LogP contribution in [0.4, 0.5) is 0 Å². The van der Waals surface area contributed by atoms with Crippen molar-refractivity contribution >= 4 is 17.7 Å². The van der Waals surface area contributed by atoms with Crippen LogP contribution in [0.25, 0.3) is 11.4 Å². The van der Waals surface area contributed by atoms with Gasteiger partial charge in [0.1, 0.15) is 5.75 Å². The Morgan fingerprint density at radius 1 is 1.13 bits per heavy atom. The van der Waals surface area contributed by atoms with Gasteiger partial charge in [-0.15, -0.1) is 10.2 Å². The van der Waals surface area contributed by atoms with Gasteiger partial charge >= 0.3 is 0 Å². The predicted molar refractivity (Wildman–Crippen MR) is 121 cm³/mol. The molecule has 0 saturated carbocycles. The van der Waals surface area contributed by atoms with Gasteiger partial charge in [0.2, 0.25) is 5.91 Å². The number of carbonyl (C=O) groups is 1. The zero-order valence-electron chi connectivity index (χ0n) is 17.7. The number of amides is 1. The molecule has 1 N–H and O–H groups in total. The average Bonchev–Trinajstić information content (AvgIpc) is 3.19. The van der Waals surface area contributed by atoms with E-state index in [1.807, 2.05) is 49.4 Å². The van der Waals surface area contributed by atoms with Gasteiger partial charge in [0.15, 0.2) is 11.0 Å². The molecule has 2 aromatic carbocycles. The molecule has 0 aliphatic rings. The van der Waals surface area contributed by atoms with Gasteiger partial charge in [-0.25, -0.2) is 0 Å². The van der Waals surface area contributed by atoms with E-state index < -0.39 is 0 Å².